The van der Waals surface area contributed by atoms with Crippen LogP contribution >= 0.6 is 0 Å². The number of fused-ring (bicyclic) bond motifs is 1. The monoisotopic (exact) mass is 525 g/mol. The lowest BCUT2D eigenvalue weighted by Crippen LogP contribution is -2.21. The van der Waals surface area contributed by atoms with Crippen molar-refractivity contribution in [1.29, 1.82) is 5.26 Å². The molecule has 0 radical (unpaired) electrons. The van der Waals surface area contributed by atoms with Gasteiger partial charge in [0.05, 0.1) is 0 Å². The van der Waals surface area contributed by atoms with Gasteiger partial charge in [0.1, 0.15) is 34.9 Å². The van der Waals surface area contributed by atoms with E-state index in [4.69, 9.17) is 5.26 Å². The SMILES string of the molecule is CCC1CCC(CCC2CCc3c(cc(F)c(C4CCC(c5cc(F)c(C#N)c(F)c5)CC4)c3F)C2)CC1. The van der Waals surface area contributed by atoms with Crippen LogP contribution in [0.2, 0.25) is 0 Å². The van der Waals surface area contributed by atoms with Crippen molar-refractivity contribution < 1.29 is 17.6 Å². The minimum atomic E-state index is -0.849. The first kappa shape index (κ1) is 27.2. The molecule has 0 aliphatic heterocycles. The van der Waals surface area contributed by atoms with Gasteiger partial charge in [0.25, 0.3) is 0 Å². The number of benzene rings is 2. The van der Waals surface area contributed by atoms with Gasteiger partial charge in [-0.05, 0) is 116 Å². The standard InChI is InChI=1S/C33H39F4N/c1-2-20-3-5-21(6-4-20)7-8-22-9-14-27-26(15-22)18-31(36)32(33(27)37)24-12-10-23(11-13-24)25-16-29(34)28(19-38)30(35)17-25/h16-18,20-24H,2-15H2,1H3. The molecule has 0 spiro atoms. The third-order valence-electron chi connectivity index (χ3n) is 10.1. The van der Waals surface area contributed by atoms with Crippen molar-refractivity contribution in [2.75, 3.05) is 0 Å². The Labute approximate surface area is 224 Å². The van der Waals surface area contributed by atoms with Gasteiger partial charge in [-0.2, -0.15) is 5.26 Å². The molecule has 5 heteroatoms. The van der Waals surface area contributed by atoms with Crippen molar-refractivity contribution in [2.24, 2.45) is 17.8 Å². The highest BCUT2D eigenvalue weighted by Gasteiger charge is 2.32. The van der Waals surface area contributed by atoms with Crippen molar-refractivity contribution in [1.82, 2.24) is 0 Å². The molecule has 204 valence electrons. The van der Waals surface area contributed by atoms with Crippen molar-refractivity contribution >= 4 is 0 Å². The van der Waals surface area contributed by atoms with Crippen LogP contribution < -0.4 is 0 Å². The lowest BCUT2D eigenvalue weighted by atomic mass is 9.73. The molecule has 2 aromatic carbocycles. The molecule has 2 fully saturated rings. The summed E-state index contributed by atoms with van der Waals surface area (Å²) in [5, 5.41) is 8.91. The van der Waals surface area contributed by atoms with Gasteiger partial charge >= 0.3 is 0 Å². The van der Waals surface area contributed by atoms with Crippen molar-refractivity contribution in [3.8, 4) is 6.07 Å². The number of hydrogen-bond donors (Lipinski definition) is 0. The molecule has 0 saturated heterocycles. The third-order valence-corrected chi connectivity index (χ3v) is 10.1. The highest BCUT2D eigenvalue weighted by molar-refractivity contribution is 5.40. The summed E-state index contributed by atoms with van der Waals surface area (Å²) in [5.41, 5.74) is 1.73. The van der Waals surface area contributed by atoms with E-state index in [0.717, 1.165) is 36.7 Å². The Morgan fingerprint density at radius 1 is 0.737 bits per heavy atom. The van der Waals surface area contributed by atoms with E-state index in [1.165, 1.54) is 50.7 Å². The topological polar surface area (TPSA) is 23.8 Å². The molecule has 1 unspecified atom stereocenters. The number of halogens is 4. The van der Waals surface area contributed by atoms with Crippen LogP contribution in [-0.2, 0) is 12.8 Å². The molecule has 1 nitrogen and oxygen atoms in total. The van der Waals surface area contributed by atoms with Crippen molar-refractivity contribution in [3.05, 3.63) is 69.3 Å². The second kappa shape index (κ2) is 11.8. The van der Waals surface area contributed by atoms with Gasteiger partial charge < -0.3 is 0 Å². The molecule has 5 rings (SSSR count). The summed E-state index contributed by atoms with van der Waals surface area (Å²) in [4.78, 5) is 0. The van der Waals surface area contributed by atoms with Gasteiger partial charge in [0.15, 0.2) is 0 Å². The molecule has 0 heterocycles. The van der Waals surface area contributed by atoms with E-state index < -0.39 is 23.0 Å². The maximum atomic E-state index is 15.7. The summed E-state index contributed by atoms with van der Waals surface area (Å²) < 4.78 is 59.3. The number of nitriles is 1. The summed E-state index contributed by atoms with van der Waals surface area (Å²) in [5.74, 6) is -0.539. The molecule has 0 amide bonds. The van der Waals surface area contributed by atoms with E-state index in [1.807, 2.05) is 0 Å². The van der Waals surface area contributed by atoms with Crippen molar-refractivity contribution in [2.45, 2.75) is 109 Å². The van der Waals surface area contributed by atoms with E-state index in [1.54, 1.807) is 12.1 Å². The smallest absolute Gasteiger partial charge is 0.144 e. The van der Waals surface area contributed by atoms with E-state index in [9.17, 15) is 8.78 Å². The maximum absolute atomic E-state index is 15.7. The fraction of sp³-hybridized carbons (Fsp3) is 0.606. The largest absolute Gasteiger partial charge is 0.207 e. The van der Waals surface area contributed by atoms with Crippen LogP contribution in [0.3, 0.4) is 0 Å². The minimum absolute atomic E-state index is 0.0791. The predicted octanol–water partition coefficient (Wildman–Crippen LogP) is 9.66. The highest BCUT2D eigenvalue weighted by atomic mass is 19.1. The van der Waals surface area contributed by atoms with Gasteiger partial charge in [-0.1, -0.05) is 45.4 Å². The van der Waals surface area contributed by atoms with Crippen LogP contribution in [0, 0.1) is 52.4 Å². The van der Waals surface area contributed by atoms with Crippen LogP contribution in [0.25, 0.3) is 0 Å². The van der Waals surface area contributed by atoms with Crippen LogP contribution in [0.5, 0.6) is 0 Å². The zero-order valence-electron chi connectivity index (χ0n) is 22.5. The number of rotatable bonds is 6. The van der Waals surface area contributed by atoms with Gasteiger partial charge in [-0.25, -0.2) is 17.6 Å². The number of hydrogen-bond acceptors (Lipinski definition) is 1. The normalized spacial score (nSPS) is 27.5. The fourth-order valence-electron chi connectivity index (χ4n) is 7.61. The highest BCUT2D eigenvalue weighted by Crippen LogP contribution is 2.44. The van der Waals surface area contributed by atoms with E-state index >= 15 is 8.78 Å². The molecule has 2 aromatic rings. The molecule has 2 saturated carbocycles. The second-order valence-electron chi connectivity index (χ2n) is 12.2. The Hall–Kier alpha value is -2.35. The molecular weight excluding hydrogens is 486 g/mol. The molecule has 1 atom stereocenters. The first-order chi connectivity index (χ1) is 18.4. The van der Waals surface area contributed by atoms with Crippen molar-refractivity contribution in [3.63, 3.8) is 0 Å². The predicted molar refractivity (Wildman–Crippen MR) is 142 cm³/mol. The summed E-state index contributed by atoms with van der Waals surface area (Å²) in [6.45, 7) is 2.29. The summed E-state index contributed by atoms with van der Waals surface area (Å²) in [6, 6.07) is 5.63. The minimum Gasteiger partial charge on any atom is -0.207 e. The Morgan fingerprint density at radius 2 is 1.34 bits per heavy atom. The van der Waals surface area contributed by atoms with E-state index in [2.05, 4.69) is 6.92 Å². The summed E-state index contributed by atoms with van der Waals surface area (Å²) in [6.07, 6.45) is 13.9. The molecular formula is C33H39F4N. The Kier molecular flexibility index (Phi) is 8.46. The first-order valence-electron chi connectivity index (χ1n) is 14.8. The summed E-state index contributed by atoms with van der Waals surface area (Å²) >= 11 is 0. The van der Waals surface area contributed by atoms with Gasteiger partial charge in [0, 0.05) is 5.56 Å². The van der Waals surface area contributed by atoms with Gasteiger partial charge in [0.2, 0.25) is 0 Å². The zero-order valence-corrected chi connectivity index (χ0v) is 22.5. The van der Waals surface area contributed by atoms with Gasteiger partial charge in [-0.3, -0.25) is 0 Å². The summed E-state index contributed by atoms with van der Waals surface area (Å²) in [7, 11) is 0. The fourth-order valence-corrected chi connectivity index (χ4v) is 7.61. The molecule has 3 aliphatic rings. The average Bonchev–Trinajstić information content (AvgIpc) is 2.92. The average molecular weight is 526 g/mol. The van der Waals surface area contributed by atoms with Crippen LogP contribution in [-0.4, -0.2) is 0 Å². The third kappa shape index (κ3) is 5.65. The van der Waals surface area contributed by atoms with E-state index in [-0.39, 0.29) is 23.2 Å². The Morgan fingerprint density at radius 3 is 1.97 bits per heavy atom. The molecule has 3 aliphatic carbocycles. The Balaban J connectivity index is 1.21. The van der Waals surface area contributed by atoms with Crippen LogP contribution in [0.1, 0.15) is 124 Å². The molecule has 38 heavy (non-hydrogen) atoms. The molecule has 0 aromatic heterocycles. The lowest BCUT2D eigenvalue weighted by Gasteiger charge is -2.32. The van der Waals surface area contributed by atoms with Gasteiger partial charge in [-0.15, -0.1) is 0 Å². The quantitative estimate of drug-likeness (QED) is 0.344. The molecule has 0 bridgehead atoms. The second-order valence-corrected chi connectivity index (χ2v) is 12.2. The maximum Gasteiger partial charge on any atom is 0.144 e. The van der Waals surface area contributed by atoms with Crippen LogP contribution in [0.4, 0.5) is 17.6 Å². The van der Waals surface area contributed by atoms with E-state index in [0.29, 0.717) is 49.1 Å². The zero-order chi connectivity index (χ0) is 26.8. The number of nitrogens with zero attached hydrogens (tertiary/aromatic N) is 1. The molecule has 0 N–H and O–H groups in total. The Bertz CT molecular complexity index is 1160. The first-order valence-corrected chi connectivity index (χ1v) is 14.8. The van der Waals surface area contributed by atoms with Crippen LogP contribution in [0.15, 0.2) is 18.2 Å². The lowest BCUT2D eigenvalue weighted by molar-refractivity contribution is 0.240.